The Morgan fingerprint density at radius 3 is 1.67 bits per heavy atom. The summed E-state index contributed by atoms with van der Waals surface area (Å²) in [6, 6.07) is 8.71. The summed E-state index contributed by atoms with van der Waals surface area (Å²) in [5.74, 6) is 0.322. The summed E-state index contributed by atoms with van der Waals surface area (Å²) < 4.78 is 25.2. The predicted octanol–water partition coefficient (Wildman–Crippen LogP) is 0.140. The Morgan fingerprint density at radius 2 is 1.50 bits per heavy atom. The second kappa shape index (κ2) is 4.70. The molecule has 0 aliphatic heterocycles. The minimum atomic E-state index is -4.17. The number of phenols is 1. The maximum absolute atomic E-state index is 8.97. The van der Waals surface area contributed by atoms with Crippen LogP contribution in [0.1, 0.15) is 0 Å². The number of nitrogens with two attached hydrogens (primary N) is 1. The van der Waals surface area contributed by atoms with Crippen LogP contribution in [0.4, 0.5) is 0 Å². The molecule has 0 unspecified atom stereocenters. The van der Waals surface area contributed by atoms with E-state index in [4.69, 9.17) is 18.1 Å². The van der Waals surface area contributed by atoms with Crippen LogP contribution in [0.2, 0.25) is 0 Å². The van der Waals surface area contributed by atoms with Gasteiger partial charge in [-0.2, -0.15) is 8.42 Å². The third-order valence-corrected chi connectivity index (χ3v) is 0.756. The summed E-state index contributed by atoms with van der Waals surface area (Å²) in [6.45, 7) is 0. The fraction of sp³-hybridized carbons (Fsp3) is 0. The van der Waals surface area contributed by atoms with Gasteiger partial charge in [-0.3, -0.25) is 4.55 Å². The van der Waals surface area contributed by atoms with E-state index in [0.29, 0.717) is 5.75 Å². The van der Waals surface area contributed by atoms with Crippen molar-refractivity contribution in [3.05, 3.63) is 30.3 Å². The molecule has 0 atom stereocenters. The highest BCUT2D eigenvalue weighted by Gasteiger charge is 1.81. The summed E-state index contributed by atoms with van der Waals surface area (Å²) in [5.41, 5.74) is 0. The lowest BCUT2D eigenvalue weighted by Gasteiger charge is -1.82. The summed E-state index contributed by atoms with van der Waals surface area (Å²) in [7, 11) is -4.17. The average molecular weight is 191 g/mol. The lowest BCUT2D eigenvalue weighted by Crippen LogP contribution is -2.08. The van der Waals surface area contributed by atoms with Gasteiger partial charge in [-0.15, -0.1) is 0 Å². The second-order valence-corrected chi connectivity index (χ2v) is 2.88. The van der Waals surface area contributed by atoms with Crippen molar-refractivity contribution in [2.45, 2.75) is 0 Å². The summed E-state index contributed by atoms with van der Waals surface area (Å²) in [6.07, 6.45) is 0. The quantitative estimate of drug-likeness (QED) is 0.508. The van der Waals surface area contributed by atoms with Crippen molar-refractivity contribution < 1.29 is 18.1 Å². The molecule has 0 radical (unpaired) electrons. The third-order valence-electron chi connectivity index (χ3n) is 0.756. The number of phenolic OH excluding ortho intramolecular Hbond substituents is 1. The number of para-hydroxylation sites is 1. The molecule has 1 rings (SSSR count). The van der Waals surface area contributed by atoms with E-state index in [1.165, 1.54) is 0 Å². The standard InChI is InChI=1S/C6H6O.H3NO3S/c7-6-4-2-1-3-5-6;1-5(2,3)4/h1-5,7H;(H3,1,2,3,4). The zero-order valence-corrected chi connectivity index (χ0v) is 6.90. The molecule has 0 amide bonds. The van der Waals surface area contributed by atoms with E-state index in [9.17, 15) is 0 Å². The Kier molecular flexibility index (Phi) is 4.27. The summed E-state index contributed by atoms with van der Waals surface area (Å²) >= 11 is 0. The lowest BCUT2D eigenvalue weighted by molar-refractivity contribution is 0.475. The molecule has 4 N–H and O–H groups in total. The molecule has 0 aliphatic carbocycles. The summed E-state index contributed by atoms with van der Waals surface area (Å²) in [4.78, 5) is 0. The smallest absolute Gasteiger partial charge is 0.330 e. The largest absolute Gasteiger partial charge is 0.508 e. The minimum Gasteiger partial charge on any atom is -0.508 e. The van der Waals surface area contributed by atoms with Crippen LogP contribution in [0.3, 0.4) is 0 Å². The SMILES string of the molecule is NS(=O)(=O)O.Oc1ccccc1. The molecule has 0 aliphatic rings. The lowest BCUT2D eigenvalue weighted by atomic mass is 10.3. The molecular formula is C6H9NO4S. The van der Waals surface area contributed by atoms with Crippen LogP contribution in [-0.4, -0.2) is 18.1 Å². The molecule has 0 fully saturated rings. The molecule has 1 aromatic carbocycles. The Balaban J connectivity index is 0.000000217. The number of aromatic hydroxyl groups is 1. The summed E-state index contributed by atoms with van der Waals surface area (Å²) in [5, 5.41) is 12.5. The molecule has 0 saturated heterocycles. The van der Waals surface area contributed by atoms with Gasteiger partial charge in [0.1, 0.15) is 5.75 Å². The van der Waals surface area contributed by atoms with Gasteiger partial charge in [0.05, 0.1) is 0 Å². The Hall–Kier alpha value is -1.11. The van der Waals surface area contributed by atoms with Crippen molar-refractivity contribution >= 4 is 10.3 Å². The van der Waals surface area contributed by atoms with E-state index >= 15 is 0 Å². The molecule has 0 aromatic heterocycles. The molecule has 5 nitrogen and oxygen atoms in total. The fourth-order valence-corrected chi connectivity index (χ4v) is 0.428. The number of benzene rings is 1. The van der Waals surface area contributed by atoms with Crippen LogP contribution in [0.5, 0.6) is 5.75 Å². The minimum absolute atomic E-state index is 0.322. The molecule has 0 heterocycles. The van der Waals surface area contributed by atoms with E-state index in [-0.39, 0.29) is 0 Å². The van der Waals surface area contributed by atoms with Crippen LogP contribution in [0, 0.1) is 0 Å². The maximum atomic E-state index is 8.97. The molecule has 1 aromatic rings. The van der Waals surface area contributed by atoms with Crippen molar-refractivity contribution in [3.8, 4) is 5.75 Å². The predicted molar refractivity (Wildman–Crippen MR) is 43.8 cm³/mol. The highest BCUT2D eigenvalue weighted by molar-refractivity contribution is 7.83. The van der Waals surface area contributed by atoms with Crippen LogP contribution >= 0.6 is 0 Å². The van der Waals surface area contributed by atoms with Crippen LogP contribution in [0.15, 0.2) is 30.3 Å². The highest BCUT2D eigenvalue weighted by Crippen LogP contribution is 2.02. The van der Waals surface area contributed by atoms with Gasteiger partial charge in [-0.1, -0.05) is 18.2 Å². The van der Waals surface area contributed by atoms with Crippen molar-refractivity contribution in [1.82, 2.24) is 0 Å². The Bertz CT molecular complexity index is 300. The molecule has 6 heteroatoms. The number of hydrogen-bond donors (Lipinski definition) is 3. The number of hydrogen-bond acceptors (Lipinski definition) is 3. The molecular weight excluding hydrogens is 182 g/mol. The van der Waals surface area contributed by atoms with Crippen molar-refractivity contribution in [3.63, 3.8) is 0 Å². The van der Waals surface area contributed by atoms with Crippen LogP contribution in [-0.2, 0) is 10.3 Å². The molecule has 0 saturated carbocycles. The topological polar surface area (TPSA) is 101 Å². The van der Waals surface area contributed by atoms with E-state index in [0.717, 1.165) is 0 Å². The zero-order chi connectivity index (χ0) is 9.61. The van der Waals surface area contributed by atoms with Gasteiger partial charge < -0.3 is 5.11 Å². The first-order valence-corrected chi connectivity index (χ1v) is 4.39. The van der Waals surface area contributed by atoms with Gasteiger partial charge in [0.2, 0.25) is 0 Å². The maximum Gasteiger partial charge on any atom is 0.330 e. The van der Waals surface area contributed by atoms with E-state index in [1.54, 1.807) is 24.3 Å². The van der Waals surface area contributed by atoms with Gasteiger partial charge in [-0.25, -0.2) is 5.14 Å². The van der Waals surface area contributed by atoms with Crippen molar-refractivity contribution in [1.29, 1.82) is 0 Å². The first-order chi connectivity index (χ1) is 5.39. The van der Waals surface area contributed by atoms with Gasteiger partial charge in [0.15, 0.2) is 0 Å². The van der Waals surface area contributed by atoms with Gasteiger partial charge in [-0.05, 0) is 12.1 Å². The highest BCUT2D eigenvalue weighted by atomic mass is 32.2. The van der Waals surface area contributed by atoms with E-state index < -0.39 is 10.3 Å². The molecule has 68 valence electrons. The average Bonchev–Trinajstić information content (AvgIpc) is 1.85. The Labute approximate surface area is 70.3 Å². The monoisotopic (exact) mass is 191 g/mol. The van der Waals surface area contributed by atoms with Crippen LogP contribution < -0.4 is 5.14 Å². The van der Waals surface area contributed by atoms with E-state index in [1.807, 2.05) is 6.07 Å². The first kappa shape index (κ1) is 10.9. The molecule has 12 heavy (non-hydrogen) atoms. The number of rotatable bonds is 0. The van der Waals surface area contributed by atoms with Gasteiger partial charge in [0, 0.05) is 0 Å². The Morgan fingerprint density at radius 1 is 1.17 bits per heavy atom. The fourth-order valence-electron chi connectivity index (χ4n) is 0.428. The van der Waals surface area contributed by atoms with Crippen molar-refractivity contribution in [2.24, 2.45) is 5.14 Å². The normalized spacial score (nSPS) is 9.83. The van der Waals surface area contributed by atoms with Gasteiger partial charge in [0.25, 0.3) is 0 Å². The third kappa shape index (κ3) is 11.7. The van der Waals surface area contributed by atoms with Gasteiger partial charge >= 0.3 is 10.3 Å². The second-order valence-electron chi connectivity index (χ2n) is 1.85. The zero-order valence-electron chi connectivity index (χ0n) is 6.08. The van der Waals surface area contributed by atoms with Crippen molar-refractivity contribution in [2.75, 3.05) is 0 Å². The molecule has 0 bridgehead atoms. The first-order valence-electron chi connectivity index (χ1n) is 2.89. The molecule has 0 spiro atoms. The van der Waals surface area contributed by atoms with E-state index in [2.05, 4.69) is 5.14 Å². The van der Waals surface area contributed by atoms with Crippen LogP contribution in [0.25, 0.3) is 0 Å².